The van der Waals surface area contributed by atoms with E-state index in [0.717, 1.165) is 35.2 Å². The van der Waals surface area contributed by atoms with Crippen molar-refractivity contribution < 1.29 is 19.0 Å². The van der Waals surface area contributed by atoms with Crippen molar-refractivity contribution in [3.05, 3.63) is 47.0 Å². The van der Waals surface area contributed by atoms with Crippen LogP contribution in [0.2, 0.25) is 0 Å². The molecule has 2 aromatic carbocycles. The van der Waals surface area contributed by atoms with Crippen molar-refractivity contribution in [1.82, 2.24) is 4.98 Å². The highest BCUT2D eigenvalue weighted by Crippen LogP contribution is 2.35. The molecule has 4 rings (SSSR count). The lowest BCUT2D eigenvalue weighted by atomic mass is 10.1. The number of amides is 1. The van der Waals surface area contributed by atoms with Gasteiger partial charge in [-0.25, -0.2) is 4.98 Å². The fourth-order valence-corrected chi connectivity index (χ4v) is 5.06. The van der Waals surface area contributed by atoms with Crippen LogP contribution >= 0.6 is 11.3 Å². The summed E-state index contributed by atoms with van der Waals surface area (Å²) < 4.78 is 18.4. The number of nitrogens with zero attached hydrogens (tertiary/aromatic N) is 2. The number of carbonyl (C=O) groups is 1. The average Bonchev–Trinajstić information content (AvgIpc) is 3.46. The molecule has 0 N–H and O–H groups in total. The molecule has 1 saturated heterocycles. The molecular weight excluding hydrogens is 424 g/mol. The Labute approximate surface area is 193 Å². The van der Waals surface area contributed by atoms with Crippen LogP contribution in [0.4, 0.5) is 5.13 Å². The number of rotatable bonds is 8. The van der Waals surface area contributed by atoms with Gasteiger partial charge in [-0.05, 0) is 69.9 Å². The zero-order chi connectivity index (χ0) is 22.7. The fourth-order valence-electron chi connectivity index (χ4n) is 3.94. The number of fused-ring (bicyclic) bond motifs is 1. The van der Waals surface area contributed by atoms with Gasteiger partial charge in [0.25, 0.3) is 5.91 Å². The Balaban J connectivity index is 1.73. The summed E-state index contributed by atoms with van der Waals surface area (Å²) in [7, 11) is 0. The number of carbonyl (C=O) groups excluding carboxylic acids is 1. The van der Waals surface area contributed by atoms with Gasteiger partial charge in [-0.1, -0.05) is 23.5 Å². The van der Waals surface area contributed by atoms with E-state index in [2.05, 4.69) is 26.0 Å². The van der Waals surface area contributed by atoms with Gasteiger partial charge in [-0.2, -0.15) is 0 Å². The Kier molecular flexibility index (Phi) is 6.96. The second kappa shape index (κ2) is 9.88. The number of aromatic nitrogens is 1. The Morgan fingerprint density at radius 1 is 1.12 bits per heavy atom. The van der Waals surface area contributed by atoms with Gasteiger partial charge in [-0.15, -0.1) is 0 Å². The van der Waals surface area contributed by atoms with Crippen LogP contribution in [0.3, 0.4) is 0 Å². The van der Waals surface area contributed by atoms with Crippen molar-refractivity contribution >= 4 is 32.6 Å². The summed E-state index contributed by atoms with van der Waals surface area (Å²) in [6.45, 7) is 10.2. The molecule has 1 unspecified atom stereocenters. The molecule has 1 fully saturated rings. The average molecular weight is 455 g/mol. The lowest BCUT2D eigenvalue weighted by molar-refractivity contribution is 0.0917. The predicted octanol–water partition coefficient (Wildman–Crippen LogP) is 5.54. The standard InChI is InChI=1S/C25H30N2O4S/c1-5-29-20-12-11-18(14-21(20)30-6-2)24(28)27(15-19-8-7-13-31-19)25-26-22-16(3)9-10-17(4)23(22)32-25/h9-12,14,19H,5-8,13,15H2,1-4H3. The normalized spacial score (nSPS) is 15.8. The van der Waals surface area contributed by atoms with E-state index in [-0.39, 0.29) is 12.0 Å². The Morgan fingerprint density at radius 2 is 1.88 bits per heavy atom. The van der Waals surface area contributed by atoms with E-state index < -0.39 is 0 Å². The first-order valence-corrected chi connectivity index (χ1v) is 12.0. The number of ether oxygens (including phenoxy) is 3. The van der Waals surface area contributed by atoms with Gasteiger partial charge in [0.1, 0.15) is 0 Å². The van der Waals surface area contributed by atoms with Gasteiger partial charge in [0.05, 0.1) is 36.1 Å². The van der Waals surface area contributed by atoms with Gasteiger partial charge < -0.3 is 14.2 Å². The molecule has 3 aromatic rings. The number of anilines is 1. The molecule has 170 valence electrons. The number of benzene rings is 2. The minimum absolute atomic E-state index is 0.0159. The second-order valence-corrected chi connectivity index (χ2v) is 8.93. The Morgan fingerprint density at radius 3 is 2.56 bits per heavy atom. The van der Waals surface area contributed by atoms with Crippen molar-refractivity contribution in [2.45, 2.75) is 46.6 Å². The first kappa shape index (κ1) is 22.6. The lowest BCUT2D eigenvalue weighted by Crippen LogP contribution is -2.37. The van der Waals surface area contributed by atoms with Gasteiger partial charge >= 0.3 is 0 Å². The maximum Gasteiger partial charge on any atom is 0.260 e. The van der Waals surface area contributed by atoms with Crippen molar-refractivity contribution in [1.29, 1.82) is 0 Å². The number of hydrogen-bond acceptors (Lipinski definition) is 6. The van der Waals surface area contributed by atoms with Crippen LogP contribution in [-0.4, -0.2) is 43.4 Å². The molecule has 1 atom stereocenters. The maximum absolute atomic E-state index is 13.7. The van der Waals surface area contributed by atoms with Crippen LogP contribution in [0.15, 0.2) is 30.3 Å². The third-order valence-electron chi connectivity index (χ3n) is 5.61. The highest BCUT2D eigenvalue weighted by atomic mass is 32.1. The molecule has 0 radical (unpaired) electrons. The van der Waals surface area contributed by atoms with Crippen LogP contribution in [0.5, 0.6) is 11.5 Å². The molecule has 2 heterocycles. The predicted molar refractivity (Wildman–Crippen MR) is 129 cm³/mol. The highest BCUT2D eigenvalue weighted by Gasteiger charge is 2.28. The third-order valence-corrected chi connectivity index (χ3v) is 6.82. The molecule has 1 aliphatic rings. The minimum atomic E-state index is -0.112. The fraction of sp³-hybridized carbons (Fsp3) is 0.440. The van der Waals surface area contributed by atoms with Gasteiger partial charge in [0.2, 0.25) is 0 Å². The quantitative estimate of drug-likeness (QED) is 0.447. The topological polar surface area (TPSA) is 60.9 Å². The van der Waals surface area contributed by atoms with Gasteiger partial charge in [0.15, 0.2) is 16.6 Å². The van der Waals surface area contributed by atoms with Crippen LogP contribution in [0, 0.1) is 13.8 Å². The van der Waals surface area contributed by atoms with Crippen molar-refractivity contribution in [2.75, 3.05) is 31.3 Å². The third kappa shape index (κ3) is 4.59. The van der Waals surface area contributed by atoms with Gasteiger partial charge in [-0.3, -0.25) is 9.69 Å². The largest absolute Gasteiger partial charge is 0.490 e. The number of aryl methyl sites for hydroxylation is 2. The molecule has 7 heteroatoms. The summed E-state index contributed by atoms with van der Waals surface area (Å²) in [5.74, 6) is 1.11. The lowest BCUT2D eigenvalue weighted by Gasteiger charge is -2.23. The van der Waals surface area contributed by atoms with E-state index in [1.165, 1.54) is 5.56 Å². The number of hydrogen-bond donors (Lipinski definition) is 0. The summed E-state index contributed by atoms with van der Waals surface area (Å²) in [5, 5.41) is 0.699. The van der Waals surface area contributed by atoms with Crippen molar-refractivity contribution in [3.8, 4) is 11.5 Å². The van der Waals surface area contributed by atoms with E-state index in [9.17, 15) is 4.79 Å². The van der Waals surface area contributed by atoms with Gasteiger partial charge in [0, 0.05) is 12.2 Å². The van der Waals surface area contributed by atoms with Crippen LogP contribution in [-0.2, 0) is 4.74 Å². The molecule has 0 saturated carbocycles. The molecular formula is C25H30N2O4S. The molecule has 32 heavy (non-hydrogen) atoms. The SMILES string of the molecule is CCOc1ccc(C(=O)N(CC2CCCO2)c2nc3c(C)ccc(C)c3s2)cc1OCC. The summed E-state index contributed by atoms with van der Waals surface area (Å²) in [5.41, 5.74) is 3.77. The second-order valence-electron chi connectivity index (χ2n) is 7.95. The molecule has 6 nitrogen and oxygen atoms in total. The smallest absolute Gasteiger partial charge is 0.260 e. The van der Waals surface area contributed by atoms with E-state index in [4.69, 9.17) is 19.2 Å². The Bertz CT molecular complexity index is 1070. The van der Waals surface area contributed by atoms with Crippen LogP contribution < -0.4 is 14.4 Å². The van der Waals surface area contributed by atoms with Crippen molar-refractivity contribution in [3.63, 3.8) is 0 Å². The molecule has 0 spiro atoms. The van der Waals surface area contributed by atoms with E-state index in [1.807, 2.05) is 13.8 Å². The monoisotopic (exact) mass is 454 g/mol. The van der Waals surface area contributed by atoms with E-state index >= 15 is 0 Å². The number of thiazole rings is 1. The highest BCUT2D eigenvalue weighted by molar-refractivity contribution is 7.22. The molecule has 0 aliphatic carbocycles. The Hall–Kier alpha value is -2.64. The van der Waals surface area contributed by atoms with Crippen LogP contribution in [0.1, 0.15) is 48.2 Å². The van der Waals surface area contributed by atoms with Crippen molar-refractivity contribution in [2.24, 2.45) is 0 Å². The molecule has 1 amide bonds. The summed E-state index contributed by atoms with van der Waals surface area (Å²) in [6.07, 6.45) is 1.98. The van der Waals surface area contributed by atoms with Crippen LogP contribution in [0.25, 0.3) is 10.2 Å². The summed E-state index contributed by atoms with van der Waals surface area (Å²) in [4.78, 5) is 20.4. The zero-order valence-corrected chi connectivity index (χ0v) is 20.0. The minimum Gasteiger partial charge on any atom is -0.490 e. The summed E-state index contributed by atoms with van der Waals surface area (Å²) in [6, 6.07) is 9.55. The first-order chi connectivity index (χ1) is 15.5. The molecule has 1 aliphatic heterocycles. The summed E-state index contributed by atoms with van der Waals surface area (Å²) >= 11 is 1.56. The zero-order valence-electron chi connectivity index (χ0n) is 19.1. The van der Waals surface area contributed by atoms with E-state index in [1.54, 1.807) is 34.4 Å². The maximum atomic E-state index is 13.7. The first-order valence-electron chi connectivity index (χ1n) is 11.2. The molecule has 1 aromatic heterocycles. The molecule has 0 bridgehead atoms. The van der Waals surface area contributed by atoms with E-state index in [0.29, 0.717) is 42.0 Å².